The van der Waals surface area contributed by atoms with Gasteiger partial charge in [-0.15, -0.1) is 0 Å². The van der Waals surface area contributed by atoms with Gasteiger partial charge in [0.2, 0.25) is 5.79 Å². The zero-order chi connectivity index (χ0) is 15.8. The normalized spacial score (nSPS) is 35.5. The highest BCUT2D eigenvalue weighted by molar-refractivity contribution is 7.43. The van der Waals surface area contributed by atoms with Crippen LogP contribution in [0.2, 0.25) is 0 Å². The van der Waals surface area contributed by atoms with Crippen LogP contribution in [0.4, 0.5) is 0 Å². The number of phosphoric acid groups is 2. The molecule has 1 heterocycles. The fourth-order valence-electron chi connectivity index (χ4n) is 1.58. The average molecular weight is 336 g/mol. The highest BCUT2D eigenvalue weighted by Crippen LogP contribution is 2.42. The Bertz CT molecular complexity index is 428. The lowest BCUT2D eigenvalue weighted by Gasteiger charge is -2.39. The molecule has 1 rings (SSSR count). The van der Waals surface area contributed by atoms with Crippen LogP contribution in [0.3, 0.4) is 0 Å². The van der Waals surface area contributed by atoms with Crippen LogP contribution in [0.15, 0.2) is 0 Å². The molecule has 0 spiro atoms. The minimum Gasteiger partial charge on any atom is -0.790 e. The van der Waals surface area contributed by atoms with Crippen LogP contribution in [0, 0.1) is 0 Å². The minimum absolute atomic E-state index is 1.07. The largest absolute Gasteiger partial charge is 0.790 e. The number of rotatable bonds is 6. The Hall–Kier alpha value is 0.0600. The van der Waals surface area contributed by atoms with E-state index in [0.29, 0.717) is 0 Å². The summed E-state index contributed by atoms with van der Waals surface area (Å²) >= 11 is 0. The first kappa shape index (κ1) is 18.1. The molecule has 1 fully saturated rings. The standard InChI is InChI=1S/C6H14O12P2/c7-2-6(18-20(13,14)15)5(9)4(8)3(17-6)1-16-19(10,11)12/h3-5,7-9H,1-2H2,(H2,10,11,12)(H2,13,14,15)/p-4/t3-,4-,5+,6+/m1/s1. The van der Waals surface area contributed by atoms with E-state index < -0.39 is 53.0 Å². The number of aliphatic hydroxyl groups excluding tert-OH is 3. The molecule has 0 amide bonds. The van der Waals surface area contributed by atoms with Gasteiger partial charge in [-0.05, 0) is 0 Å². The van der Waals surface area contributed by atoms with Gasteiger partial charge in [0.25, 0.3) is 0 Å². The molecule has 0 aromatic heterocycles. The van der Waals surface area contributed by atoms with Gasteiger partial charge in [-0.2, -0.15) is 0 Å². The van der Waals surface area contributed by atoms with Crippen LogP contribution >= 0.6 is 15.6 Å². The Morgan fingerprint density at radius 1 is 1.15 bits per heavy atom. The predicted octanol–water partition coefficient (Wildman–Crippen LogP) is -5.51. The number of aliphatic hydroxyl groups is 3. The summed E-state index contributed by atoms with van der Waals surface area (Å²) in [6.45, 7) is -2.42. The summed E-state index contributed by atoms with van der Waals surface area (Å²) in [7, 11) is -11.1. The first-order valence-electron chi connectivity index (χ1n) is 4.94. The second-order valence-electron chi connectivity index (χ2n) is 3.84. The van der Waals surface area contributed by atoms with Crippen molar-refractivity contribution < 1.29 is 57.8 Å². The van der Waals surface area contributed by atoms with Crippen molar-refractivity contribution in [3.63, 3.8) is 0 Å². The Balaban J connectivity index is 2.85. The van der Waals surface area contributed by atoms with E-state index in [4.69, 9.17) is 5.11 Å². The van der Waals surface area contributed by atoms with Gasteiger partial charge in [-0.25, -0.2) is 0 Å². The molecular weight excluding hydrogens is 326 g/mol. The van der Waals surface area contributed by atoms with Gasteiger partial charge in [-0.3, -0.25) is 0 Å². The molecule has 0 radical (unpaired) electrons. The van der Waals surface area contributed by atoms with Crippen LogP contribution in [0.25, 0.3) is 0 Å². The number of phosphoric ester groups is 2. The summed E-state index contributed by atoms with van der Waals surface area (Å²) in [6.07, 6.45) is -5.89. The summed E-state index contributed by atoms with van der Waals surface area (Å²) in [5, 5.41) is 28.0. The van der Waals surface area contributed by atoms with Gasteiger partial charge < -0.3 is 57.8 Å². The monoisotopic (exact) mass is 336 g/mol. The molecule has 0 aromatic carbocycles. The lowest BCUT2D eigenvalue weighted by Crippen LogP contribution is -2.49. The van der Waals surface area contributed by atoms with E-state index in [1.165, 1.54) is 0 Å². The van der Waals surface area contributed by atoms with E-state index in [9.17, 15) is 38.9 Å². The summed E-state index contributed by atoms with van der Waals surface area (Å²) in [5.74, 6) is -2.80. The topological polar surface area (TPSA) is 215 Å². The van der Waals surface area contributed by atoms with Crippen molar-refractivity contribution in [2.24, 2.45) is 0 Å². The molecule has 20 heavy (non-hydrogen) atoms. The predicted molar refractivity (Wildman–Crippen MR) is 49.0 cm³/mol. The number of ether oxygens (including phenoxy) is 1. The maximum Gasteiger partial charge on any atom is 0.225 e. The van der Waals surface area contributed by atoms with Crippen LogP contribution in [0.5, 0.6) is 0 Å². The molecule has 0 bridgehead atoms. The summed E-state index contributed by atoms with van der Waals surface area (Å²) in [4.78, 5) is 41.6. The molecule has 0 unspecified atom stereocenters. The third-order valence-electron chi connectivity index (χ3n) is 2.39. The van der Waals surface area contributed by atoms with E-state index in [2.05, 4.69) is 13.8 Å². The molecule has 14 heteroatoms. The molecule has 0 aromatic rings. The molecule has 1 saturated heterocycles. The van der Waals surface area contributed by atoms with Crippen molar-refractivity contribution >= 4 is 15.6 Å². The van der Waals surface area contributed by atoms with Crippen molar-refractivity contribution in [1.82, 2.24) is 0 Å². The second-order valence-corrected chi connectivity index (χ2v) is 6.07. The molecule has 1 aliphatic heterocycles. The van der Waals surface area contributed by atoms with E-state index in [0.717, 1.165) is 0 Å². The van der Waals surface area contributed by atoms with Gasteiger partial charge in [0.05, 0.1) is 22.3 Å². The zero-order valence-corrected chi connectivity index (χ0v) is 11.3. The van der Waals surface area contributed by atoms with Crippen molar-refractivity contribution in [2.45, 2.75) is 24.1 Å². The molecular formula is C6H10O12P2-4. The lowest BCUT2D eigenvalue weighted by atomic mass is 10.1. The smallest absolute Gasteiger partial charge is 0.225 e. The van der Waals surface area contributed by atoms with Crippen molar-refractivity contribution in [1.29, 1.82) is 0 Å². The quantitative estimate of drug-likeness (QED) is 0.387. The van der Waals surface area contributed by atoms with Crippen LogP contribution < -0.4 is 19.6 Å². The Kier molecular flexibility index (Phi) is 5.48. The second kappa shape index (κ2) is 6.05. The number of hydrogen-bond donors (Lipinski definition) is 3. The zero-order valence-electron chi connectivity index (χ0n) is 9.56. The van der Waals surface area contributed by atoms with Crippen LogP contribution in [-0.2, 0) is 22.9 Å². The van der Waals surface area contributed by atoms with Gasteiger partial charge in [0.1, 0.15) is 24.9 Å². The van der Waals surface area contributed by atoms with E-state index in [-0.39, 0.29) is 0 Å². The fraction of sp³-hybridized carbons (Fsp3) is 1.00. The van der Waals surface area contributed by atoms with Crippen molar-refractivity contribution in [3.8, 4) is 0 Å². The van der Waals surface area contributed by atoms with Crippen molar-refractivity contribution in [2.75, 3.05) is 13.2 Å². The van der Waals surface area contributed by atoms with Gasteiger partial charge >= 0.3 is 0 Å². The summed E-state index contributed by atoms with van der Waals surface area (Å²) < 4.78 is 33.1. The Morgan fingerprint density at radius 3 is 2.10 bits per heavy atom. The third-order valence-corrected chi connectivity index (χ3v) is 3.39. The van der Waals surface area contributed by atoms with Gasteiger partial charge in [0.15, 0.2) is 0 Å². The lowest BCUT2D eigenvalue weighted by molar-refractivity contribution is -0.372. The fourth-order valence-corrected chi connectivity index (χ4v) is 2.50. The molecule has 1 aliphatic rings. The van der Waals surface area contributed by atoms with Crippen LogP contribution in [-0.4, -0.2) is 52.6 Å². The maximum atomic E-state index is 10.5. The molecule has 0 aliphatic carbocycles. The average Bonchev–Trinajstić information content (AvgIpc) is 2.49. The van der Waals surface area contributed by atoms with Gasteiger partial charge in [0, 0.05) is 0 Å². The van der Waals surface area contributed by atoms with E-state index in [1.54, 1.807) is 0 Å². The third kappa shape index (κ3) is 4.53. The first-order valence-corrected chi connectivity index (χ1v) is 7.86. The Morgan fingerprint density at radius 2 is 1.70 bits per heavy atom. The molecule has 3 N–H and O–H groups in total. The maximum absolute atomic E-state index is 10.5. The Labute approximate surface area is 112 Å². The SMILES string of the molecule is O=P([O-])([O-])OC[C@H]1O[C@@](CO)(OP(=O)([O-])[O-])[C@@H](O)[C@@H]1O. The van der Waals surface area contributed by atoms with E-state index in [1.807, 2.05) is 0 Å². The summed E-state index contributed by atoms with van der Waals surface area (Å²) in [6, 6.07) is 0. The van der Waals surface area contributed by atoms with Crippen LogP contribution in [0.1, 0.15) is 0 Å². The molecule has 120 valence electrons. The molecule has 4 atom stereocenters. The minimum atomic E-state index is -5.71. The summed E-state index contributed by atoms with van der Waals surface area (Å²) in [5.41, 5.74) is 0. The highest BCUT2D eigenvalue weighted by Gasteiger charge is 2.55. The van der Waals surface area contributed by atoms with E-state index >= 15 is 0 Å². The molecule has 12 nitrogen and oxygen atoms in total. The number of hydrogen-bond acceptors (Lipinski definition) is 12. The molecule has 0 saturated carbocycles. The van der Waals surface area contributed by atoms with Crippen molar-refractivity contribution in [3.05, 3.63) is 0 Å². The highest BCUT2D eigenvalue weighted by atomic mass is 31.2. The first-order chi connectivity index (χ1) is 8.90. The van der Waals surface area contributed by atoms with Gasteiger partial charge in [-0.1, -0.05) is 0 Å².